The summed E-state index contributed by atoms with van der Waals surface area (Å²) in [5.41, 5.74) is 0.823. The highest BCUT2D eigenvalue weighted by atomic mass is 35.5. The van der Waals surface area contributed by atoms with E-state index in [2.05, 4.69) is 6.92 Å². The van der Waals surface area contributed by atoms with E-state index in [-0.39, 0.29) is 6.29 Å². The molecule has 0 N–H and O–H groups in total. The van der Waals surface area contributed by atoms with Gasteiger partial charge in [0.2, 0.25) is 0 Å². The van der Waals surface area contributed by atoms with Crippen LogP contribution in [0.3, 0.4) is 0 Å². The Morgan fingerprint density at radius 2 is 1.94 bits per heavy atom. The summed E-state index contributed by atoms with van der Waals surface area (Å²) in [4.78, 5) is 0. The molecule has 2 rings (SSSR count). The molecule has 0 saturated carbocycles. The second-order valence-electron chi connectivity index (χ2n) is 4.27. The van der Waals surface area contributed by atoms with E-state index in [0.29, 0.717) is 27.6 Å². The summed E-state index contributed by atoms with van der Waals surface area (Å²) in [5.74, 6) is 0.546. The highest BCUT2D eigenvalue weighted by Crippen LogP contribution is 2.30. The minimum Gasteiger partial charge on any atom is -0.352 e. The molecule has 0 amide bonds. The Kier molecular flexibility index (Phi) is 4.56. The van der Waals surface area contributed by atoms with Crippen LogP contribution in [0.5, 0.6) is 0 Å². The van der Waals surface area contributed by atoms with Crippen LogP contribution in [0.1, 0.15) is 18.9 Å². The Morgan fingerprint density at radius 3 is 2.59 bits per heavy atom. The summed E-state index contributed by atoms with van der Waals surface area (Å²) < 4.78 is 11.1. The van der Waals surface area contributed by atoms with E-state index in [0.717, 1.165) is 18.6 Å². The molecule has 1 aliphatic heterocycles. The van der Waals surface area contributed by atoms with Crippen molar-refractivity contribution in [3.8, 4) is 0 Å². The number of halogens is 3. The molecule has 1 fully saturated rings. The first-order valence-corrected chi connectivity index (χ1v) is 6.56. The van der Waals surface area contributed by atoms with Gasteiger partial charge < -0.3 is 9.47 Å². The SMILES string of the molecule is C[C@H]1COC(OCc2cc(Cl)c(Cl)cc2Cl)C1. The van der Waals surface area contributed by atoms with Crippen LogP contribution in [0.25, 0.3) is 0 Å². The van der Waals surface area contributed by atoms with E-state index in [1.54, 1.807) is 12.1 Å². The van der Waals surface area contributed by atoms with Crippen molar-refractivity contribution in [2.24, 2.45) is 5.92 Å². The van der Waals surface area contributed by atoms with Gasteiger partial charge in [0.15, 0.2) is 6.29 Å². The molecule has 2 atom stereocenters. The highest BCUT2D eigenvalue weighted by molar-refractivity contribution is 6.43. The lowest BCUT2D eigenvalue weighted by molar-refractivity contribution is -0.118. The van der Waals surface area contributed by atoms with Crippen molar-refractivity contribution >= 4 is 34.8 Å². The molecule has 0 aromatic heterocycles. The van der Waals surface area contributed by atoms with Crippen molar-refractivity contribution in [1.82, 2.24) is 0 Å². The van der Waals surface area contributed by atoms with Crippen LogP contribution in [0.4, 0.5) is 0 Å². The van der Waals surface area contributed by atoms with Gasteiger partial charge in [0.1, 0.15) is 0 Å². The Balaban J connectivity index is 1.97. The fourth-order valence-electron chi connectivity index (χ4n) is 1.71. The van der Waals surface area contributed by atoms with Gasteiger partial charge in [0.05, 0.1) is 23.3 Å². The molecule has 0 spiro atoms. The monoisotopic (exact) mass is 294 g/mol. The van der Waals surface area contributed by atoms with Gasteiger partial charge in [-0.25, -0.2) is 0 Å². The molecule has 1 aromatic rings. The zero-order valence-electron chi connectivity index (χ0n) is 9.38. The first kappa shape index (κ1) is 13.4. The lowest BCUT2D eigenvalue weighted by atomic mass is 10.1. The van der Waals surface area contributed by atoms with Crippen molar-refractivity contribution in [1.29, 1.82) is 0 Å². The second-order valence-corrected chi connectivity index (χ2v) is 5.49. The van der Waals surface area contributed by atoms with E-state index in [4.69, 9.17) is 44.3 Å². The normalized spacial score (nSPS) is 24.2. The maximum atomic E-state index is 6.05. The lowest BCUT2D eigenvalue weighted by Crippen LogP contribution is -2.10. The third kappa shape index (κ3) is 3.49. The minimum absolute atomic E-state index is 0.143. The Morgan fingerprint density at radius 1 is 1.24 bits per heavy atom. The minimum atomic E-state index is -0.143. The van der Waals surface area contributed by atoms with Crippen LogP contribution in [-0.2, 0) is 16.1 Å². The average molecular weight is 296 g/mol. The maximum absolute atomic E-state index is 6.05. The first-order chi connectivity index (χ1) is 8.06. The predicted octanol–water partition coefficient (Wildman–Crippen LogP) is 4.55. The summed E-state index contributed by atoms with van der Waals surface area (Å²) in [7, 11) is 0. The zero-order chi connectivity index (χ0) is 12.4. The van der Waals surface area contributed by atoms with Gasteiger partial charge in [-0.05, 0) is 23.6 Å². The number of ether oxygens (including phenoxy) is 2. The molecule has 2 nitrogen and oxygen atoms in total. The smallest absolute Gasteiger partial charge is 0.158 e. The quantitative estimate of drug-likeness (QED) is 0.762. The summed E-state index contributed by atoms with van der Waals surface area (Å²) in [6.07, 6.45) is 0.773. The van der Waals surface area contributed by atoms with Crippen LogP contribution >= 0.6 is 34.8 Å². The number of hydrogen-bond donors (Lipinski definition) is 0. The van der Waals surface area contributed by atoms with E-state index in [1.807, 2.05) is 0 Å². The van der Waals surface area contributed by atoms with E-state index in [9.17, 15) is 0 Å². The third-order valence-electron chi connectivity index (χ3n) is 2.68. The van der Waals surface area contributed by atoms with Crippen molar-refractivity contribution in [2.75, 3.05) is 6.61 Å². The van der Waals surface area contributed by atoms with Crippen molar-refractivity contribution in [3.63, 3.8) is 0 Å². The lowest BCUT2D eigenvalue weighted by Gasteiger charge is -2.12. The standard InChI is InChI=1S/C12H13Cl3O2/c1-7-2-12(16-5-7)17-6-8-3-10(14)11(15)4-9(8)13/h3-4,7,12H,2,5-6H2,1H3/t7-,12?/m1/s1. The predicted molar refractivity (Wildman–Crippen MR) is 69.8 cm³/mol. The summed E-state index contributed by atoms with van der Waals surface area (Å²) in [5, 5.41) is 1.49. The Hall–Kier alpha value is 0.01000. The van der Waals surface area contributed by atoms with Crippen molar-refractivity contribution < 1.29 is 9.47 Å². The van der Waals surface area contributed by atoms with Crippen LogP contribution < -0.4 is 0 Å². The van der Waals surface area contributed by atoms with Crippen LogP contribution in [0.2, 0.25) is 15.1 Å². The molecule has 1 unspecified atom stereocenters. The molecule has 5 heteroatoms. The fraction of sp³-hybridized carbons (Fsp3) is 0.500. The maximum Gasteiger partial charge on any atom is 0.158 e. The number of benzene rings is 1. The molecule has 1 heterocycles. The molecule has 1 aliphatic rings. The summed E-state index contributed by atoms with van der Waals surface area (Å²) in [6.45, 7) is 3.27. The Labute approximate surface area is 116 Å². The fourth-order valence-corrected chi connectivity index (χ4v) is 2.33. The third-order valence-corrected chi connectivity index (χ3v) is 3.75. The van der Waals surface area contributed by atoms with Crippen molar-refractivity contribution in [3.05, 3.63) is 32.8 Å². The number of rotatable bonds is 3. The average Bonchev–Trinajstić information content (AvgIpc) is 2.68. The Bertz CT molecular complexity index is 409. The molecule has 94 valence electrons. The molecule has 0 aliphatic carbocycles. The molecule has 1 aromatic carbocycles. The largest absolute Gasteiger partial charge is 0.352 e. The van der Waals surface area contributed by atoms with Gasteiger partial charge in [-0.2, -0.15) is 0 Å². The highest BCUT2D eigenvalue weighted by Gasteiger charge is 2.22. The number of hydrogen-bond acceptors (Lipinski definition) is 2. The second kappa shape index (κ2) is 5.77. The zero-order valence-corrected chi connectivity index (χ0v) is 11.6. The first-order valence-electron chi connectivity index (χ1n) is 5.43. The van der Waals surface area contributed by atoms with E-state index in [1.165, 1.54) is 0 Å². The van der Waals surface area contributed by atoms with Gasteiger partial charge in [0.25, 0.3) is 0 Å². The molecule has 0 radical (unpaired) electrons. The summed E-state index contributed by atoms with van der Waals surface area (Å²) >= 11 is 17.8. The van der Waals surface area contributed by atoms with Gasteiger partial charge in [-0.15, -0.1) is 0 Å². The van der Waals surface area contributed by atoms with Crippen molar-refractivity contribution in [2.45, 2.75) is 26.2 Å². The molecule has 17 heavy (non-hydrogen) atoms. The molecular weight excluding hydrogens is 282 g/mol. The molecular formula is C12H13Cl3O2. The molecule has 0 bridgehead atoms. The van der Waals surface area contributed by atoms with Crippen LogP contribution in [0, 0.1) is 5.92 Å². The van der Waals surface area contributed by atoms with Crippen LogP contribution in [0.15, 0.2) is 12.1 Å². The van der Waals surface area contributed by atoms with E-state index < -0.39 is 0 Å². The topological polar surface area (TPSA) is 18.5 Å². The van der Waals surface area contributed by atoms with Gasteiger partial charge in [0, 0.05) is 11.4 Å². The molecule has 1 saturated heterocycles. The van der Waals surface area contributed by atoms with E-state index >= 15 is 0 Å². The van der Waals surface area contributed by atoms with Crippen LogP contribution in [-0.4, -0.2) is 12.9 Å². The van der Waals surface area contributed by atoms with Gasteiger partial charge in [-0.3, -0.25) is 0 Å². The van der Waals surface area contributed by atoms with Gasteiger partial charge >= 0.3 is 0 Å². The summed E-state index contributed by atoms with van der Waals surface area (Å²) in [6, 6.07) is 3.35. The van der Waals surface area contributed by atoms with Gasteiger partial charge in [-0.1, -0.05) is 41.7 Å².